The number of nitrogens with zero attached hydrogens (tertiary/aromatic N) is 2. The summed E-state index contributed by atoms with van der Waals surface area (Å²) in [5.74, 6) is 2.29. The van der Waals surface area contributed by atoms with Crippen LogP contribution < -0.4 is 5.32 Å². The van der Waals surface area contributed by atoms with Gasteiger partial charge in [-0.1, -0.05) is 6.92 Å². The smallest absolute Gasteiger partial charge is 0.257 e. The minimum atomic E-state index is 0.106. The number of hydrogen-bond donors (Lipinski definition) is 1. The lowest BCUT2D eigenvalue weighted by Crippen LogP contribution is -2.33. The van der Waals surface area contributed by atoms with Gasteiger partial charge in [0.15, 0.2) is 0 Å². The number of nitrogens with one attached hydrogen (secondary N) is 1. The molecule has 1 N–H and O–H groups in total. The van der Waals surface area contributed by atoms with Gasteiger partial charge in [0.05, 0.1) is 11.3 Å². The summed E-state index contributed by atoms with van der Waals surface area (Å²) in [7, 11) is 0. The van der Waals surface area contributed by atoms with E-state index in [4.69, 9.17) is 0 Å². The highest BCUT2D eigenvalue weighted by molar-refractivity contribution is 7.99. The molecule has 0 spiro atoms. The molecule has 0 unspecified atom stereocenters. The van der Waals surface area contributed by atoms with E-state index in [-0.39, 0.29) is 5.91 Å². The molecule has 1 fully saturated rings. The van der Waals surface area contributed by atoms with Crippen molar-refractivity contribution in [1.29, 1.82) is 0 Å². The Hall–Kier alpha value is -1.23. The van der Waals surface area contributed by atoms with E-state index in [9.17, 15) is 4.79 Å². The molecule has 1 aromatic heterocycles. The van der Waals surface area contributed by atoms with Crippen LogP contribution in [0.25, 0.3) is 0 Å². The van der Waals surface area contributed by atoms with E-state index < -0.39 is 0 Å². The van der Waals surface area contributed by atoms with E-state index in [2.05, 4.69) is 17.2 Å². The van der Waals surface area contributed by atoms with Gasteiger partial charge in [-0.3, -0.25) is 9.78 Å². The Labute approximate surface area is 119 Å². The Morgan fingerprint density at radius 1 is 1.47 bits per heavy atom. The van der Waals surface area contributed by atoms with Crippen LogP contribution in [0.4, 0.5) is 5.69 Å². The SMILES string of the molecule is CCCNc1ccncc1C(=O)N1CCCSCC1. The summed E-state index contributed by atoms with van der Waals surface area (Å²) in [6.45, 7) is 4.68. The third-order valence-electron chi connectivity index (χ3n) is 3.13. The molecule has 1 aliphatic heterocycles. The van der Waals surface area contributed by atoms with Crippen LogP contribution in [0, 0.1) is 0 Å². The van der Waals surface area contributed by atoms with E-state index >= 15 is 0 Å². The first-order valence-electron chi connectivity index (χ1n) is 6.88. The van der Waals surface area contributed by atoms with Crippen LogP contribution in [0.3, 0.4) is 0 Å². The summed E-state index contributed by atoms with van der Waals surface area (Å²) >= 11 is 1.93. The standard InChI is InChI=1S/C14H21N3OS/c1-2-5-16-13-4-6-15-11-12(13)14(18)17-7-3-9-19-10-8-17/h4,6,11H,2-3,5,7-10H2,1H3,(H,15,16). The summed E-state index contributed by atoms with van der Waals surface area (Å²) in [6, 6.07) is 1.88. The van der Waals surface area contributed by atoms with Crippen LogP contribution in [0.15, 0.2) is 18.5 Å². The lowest BCUT2D eigenvalue weighted by atomic mass is 10.2. The molecule has 19 heavy (non-hydrogen) atoms. The number of amides is 1. The summed E-state index contributed by atoms with van der Waals surface area (Å²) in [4.78, 5) is 18.6. The molecule has 1 saturated heterocycles. The van der Waals surface area contributed by atoms with Crippen molar-refractivity contribution in [2.24, 2.45) is 0 Å². The zero-order valence-electron chi connectivity index (χ0n) is 11.4. The molecule has 0 aromatic carbocycles. The van der Waals surface area contributed by atoms with Gasteiger partial charge in [-0.15, -0.1) is 0 Å². The first-order valence-corrected chi connectivity index (χ1v) is 8.03. The van der Waals surface area contributed by atoms with Crippen molar-refractivity contribution < 1.29 is 4.79 Å². The molecule has 0 saturated carbocycles. The van der Waals surface area contributed by atoms with Crippen molar-refractivity contribution in [3.05, 3.63) is 24.0 Å². The highest BCUT2D eigenvalue weighted by atomic mass is 32.2. The largest absolute Gasteiger partial charge is 0.384 e. The molecule has 0 bridgehead atoms. The van der Waals surface area contributed by atoms with E-state index in [1.807, 2.05) is 22.7 Å². The Morgan fingerprint density at radius 2 is 2.37 bits per heavy atom. The van der Waals surface area contributed by atoms with Gasteiger partial charge >= 0.3 is 0 Å². The van der Waals surface area contributed by atoms with Gasteiger partial charge < -0.3 is 10.2 Å². The highest BCUT2D eigenvalue weighted by Crippen LogP contribution is 2.18. The lowest BCUT2D eigenvalue weighted by Gasteiger charge is -2.21. The molecular formula is C14H21N3OS. The minimum Gasteiger partial charge on any atom is -0.384 e. The number of aromatic nitrogens is 1. The summed E-state index contributed by atoms with van der Waals surface area (Å²) < 4.78 is 0. The maximum Gasteiger partial charge on any atom is 0.257 e. The van der Waals surface area contributed by atoms with Gasteiger partial charge in [0, 0.05) is 37.8 Å². The number of thioether (sulfide) groups is 1. The van der Waals surface area contributed by atoms with Crippen molar-refractivity contribution in [2.75, 3.05) is 36.5 Å². The Bertz CT molecular complexity index is 417. The van der Waals surface area contributed by atoms with Crippen molar-refractivity contribution in [1.82, 2.24) is 9.88 Å². The average Bonchev–Trinajstić information content (AvgIpc) is 2.73. The molecule has 1 amide bonds. The Balaban J connectivity index is 2.12. The molecule has 2 heterocycles. The van der Waals surface area contributed by atoms with E-state index in [1.165, 1.54) is 0 Å². The van der Waals surface area contributed by atoms with Gasteiger partial charge in [-0.25, -0.2) is 0 Å². The molecule has 2 rings (SSSR count). The fraction of sp³-hybridized carbons (Fsp3) is 0.571. The van der Waals surface area contributed by atoms with Gasteiger partial charge in [0.2, 0.25) is 0 Å². The topological polar surface area (TPSA) is 45.2 Å². The highest BCUT2D eigenvalue weighted by Gasteiger charge is 2.20. The number of rotatable bonds is 4. The van der Waals surface area contributed by atoms with Crippen molar-refractivity contribution in [3.8, 4) is 0 Å². The van der Waals surface area contributed by atoms with E-state index in [0.29, 0.717) is 5.56 Å². The number of carbonyl (C=O) groups is 1. The van der Waals surface area contributed by atoms with Crippen LogP contribution in [-0.4, -0.2) is 46.9 Å². The first-order chi connectivity index (χ1) is 9.33. The lowest BCUT2D eigenvalue weighted by molar-refractivity contribution is 0.0769. The predicted molar refractivity (Wildman–Crippen MR) is 80.9 cm³/mol. The fourth-order valence-corrected chi connectivity index (χ4v) is 2.99. The monoisotopic (exact) mass is 279 g/mol. The second kappa shape index (κ2) is 7.38. The maximum atomic E-state index is 12.6. The summed E-state index contributed by atoms with van der Waals surface area (Å²) in [5.41, 5.74) is 1.60. The van der Waals surface area contributed by atoms with Crippen molar-refractivity contribution >= 4 is 23.4 Å². The second-order valence-electron chi connectivity index (χ2n) is 4.61. The number of hydrogen-bond acceptors (Lipinski definition) is 4. The summed E-state index contributed by atoms with van der Waals surface area (Å²) in [5, 5.41) is 3.31. The van der Waals surface area contributed by atoms with Crippen molar-refractivity contribution in [3.63, 3.8) is 0 Å². The Kier molecular flexibility index (Phi) is 5.51. The molecule has 0 aliphatic carbocycles. The normalized spacial score (nSPS) is 15.9. The van der Waals surface area contributed by atoms with Gasteiger partial charge in [0.1, 0.15) is 0 Å². The van der Waals surface area contributed by atoms with Gasteiger partial charge in [-0.2, -0.15) is 11.8 Å². The summed E-state index contributed by atoms with van der Waals surface area (Å²) in [6.07, 6.45) is 5.52. The molecular weight excluding hydrogens is 258 g/mol. The number of anilines is 1. The molecule has 104 valence electrons. The van der Waals surface area contributed by atoms with E-state index in [1.54, 1.807) is 12.4 Å². The number of carbonyl (C=O) groups excluding carboxylic acids is 1. The molecule has 0 atom stereocenters. The quantitative estimate of drug-likeness (QED) is 0.919. The molecule has 5 heteroatoms. The third-order valence-corrected chi connectivity index (χ3v) is 4.17. The molecule has 1 aromatic rings. The minimum absolute atomic E-state index is 0.106. The molecule has 0 radical (unpaired) electrons. The Morgan fingerprint density at radius 3 is 3.21 bits per heavy atom. The van der Waals surface area contributed by atoms with Crippen molar-refractivity contribution in [2.45, 2.75) is 19.8 Å². The van der Waals surface area contributed by atoms with Gasteiger partial charge in [0.25, 0.3) is 5.91 Å². The molecule has 4 nitrogen and oxygen atoms in total. The maximum absolute atomic E-state index is 12.6. The van der Waals surface area contributed by atoms with Crippen LogP contribution in [0.2, 0.25) is 0 Å². The van der Waals surface area contributed by atoms with Crippen LogP contribution in [-0.2, 0) is 0 Å². The zero-order valence-corrected chi connectivity index (χ0v) is 12.2. The third kappa shape index (κ3) is 3.86. The van der Waals surface area contributed by atoms with Gasteiger partial charge in [-0.05, 0) is 24.7 Å². The first kappa shape index (κ1) is 14.2. The van der Waals surface area contributed by atoms with Crippen LogP contribution in [0.5, 0.6) is 0 Å². The molecule has 1 aliphatic rings. The van der Waals surface area contributed by atoms with Crippen LogP contribution in [0.1, 0.15) is 30.1 Å². The average molecular weight is 279 g/mol. The van der Waals surface area contributed by atoms with Crippen LogP contribution >= 0.6 is 11.8 Å². The second-order valence-corrected chi connectivity index (χ2v) is 5.83. The van der Waals surface area contributed by atoms with E-state index in [0.717, 1.165) is 49.7 Å². The number of pyridine rings is 1. The fourth-order valence-electron chi connectivity index (χ4n) is 2.10. The predicted octanol–water partition coefficient (Wildman–Crippen LogP) is 2.48. The zero-order chi connectivity index (χ0) is 13.5.